The lowest BCUT2D eigenvalue weighted by molar-refractivity contribution is 0.0925. The van der Waals surface area contributed by atoms with Crippen LogP contribution in [0.2, 0.25) is 0 Å². The zero-order chi connectivity index (χ0) is 14.5. The van der Waals surface area contributed by atoms with E-state index >= 15 is 0 Å². The number of nitrogens with two attached hydrogens (primary N) is 1. The fourth-order valence-corrected chi connectivity index (χ4v) is 2.98. The first kappa shape index (κ1) is 15.1. The van der Waals surface area contributed by atoms with Crippen molar-refractivity contribution in [3.05, 3.63) is 23.7 Å². The molecule has 1 aromatic heterocycles. The van der Waals surface area contributed by atoms with Crippen LogP contribution in [-0.2, 0) is 6.54 Å². The molecule has 1 saturated carbocycles. The Morgan fingerprint density at radius 1 is 1.50 bits per heavy atom. The van der Waals surface area contributed by atoms with Gasteiger partial charge in [0.15, 0.2) is 0 Å². The van der Waals surface area contributed by atoms with Gasteiger partial charge in [-0.05, 0) is 37.2 Å². The van der Waals surface area contributed by atoms with Crippen molar-refractivity contribution in [3.63, 3.8) is 0 Å². The third-order valence-electron chi connectivity index (χ3n) is 4.21. The van der Waals surface area contributed by atoms with Gasteiger partial charge in [0, 0.05) is 6.04 Å². The number of rotatable bonds is 6. The molecule has 2 rings (SSSR count). The van der Waals surface area contributed by atoms with Crippen molar-refractivity contribution in [2.75, 3.05) is 0 Å². The van der Waals surface area contributed by atoms with Crippen LogP contribution in [0.4, 0.5) is 0 Å². The summed E-state index contributed by atoms with van der Waals surface area (Å²) in [5.74, 6) is 1.97. The SMILES string of the molecule is CC(C)CCC1CCCC1NC(=O)c1coc(CN)c1. The van der Waals surface area contributed by atoms with Crippen molar-refractivity contribution < 1.29 is 9.21 Å². The molecule has 0 aliphatic heterocycles. The van der Waals surface area contributed by atoms with Crippen molar-refractivity contribution in [1.29, 1.82) is 0 Å². The van der Waals surface area contributed by atoms with Crippen LogP contribution < -0.4 is 11.1 Å². The minimum absolute atomic E-state index is 0.0325. The maximum Gasteiger partial charge on any atom is 0.254 e. The molecule has 4 heteroatoms. The van der Waals surface area contributed by atoms with Crippen LogP contribution in [0.3, 0.4) is 0 Å². The summed E-state index contributed by atoms with van der Waals surface area (Å²) in [5.41, 5.74) is 6.07. The maximum absolute atomic E-state index is 12.2. The van der Waals surface area contributed by atoms with Crippen molar-refractivity contribution in [1.82, 2.24) is 5.32 Å². The summed E-state index contributed by atoms with van der Waals surface area (Å²) in [6.45, 7) is 4.83. The summed E-state index contributed by atoms with van der Waals surface area (Å²) in [7, 11) is 0. The zero-order valence-electron chi connectivity index (χ0n) is 12.5. The van der Waals surface area contributed by atoms with E-state index in [0.29, 0.717) is 29.8 Å². The Morgan fingerprint density at radius 3 is 2.95 bits per heavy atom. The highest BCUT2D eigenvalue weighted by atomic mass is 16.3. The molecule has 112 valence electrons. The maximum atomic E-state index is 12.2. The first-order valence-electron chi connectivity index (χ1n) is 7.68. The Hall–Kier alpha value is -1.29. The van der Waals surface area contributed by atoms with E-state index in [9.17, 15) is 4.79 Å². The molecular weight excluding hydrogens is 252 g/mol. The number of nitrogens with one attached hydrogen (secondary N) is 1. The molecule has 3 N–H and O–H groups in total. The van der Waals surface area contributed by atoms with Crippen molar-refractivity contribution >= 4 is 5.91 Å². The van der Waals surface area contributed by atoms with Crippen molar-refractivity contribution in [3.8, 4) is 0 Å². The van der Waals surface area contributed by atoms with Gasteiger partial charge in [0.1, 0.15) is 12.0 Å². The molecule has 0 spiro atoms. The second kappa shape index (κ2) is 6.93. The Balaban J connectivity index is 1.89. The number of hydrogen-bond donors (Lipinski definition) is 2. The molecular formula is C16H26N2O2. The van der Waals surface area contributed by atoms with Gasteiger partial charge in [0.05, 0.1) is 12.1 Å². The average Bonchev–Trinajstić information content (AvgIpc) is 3.04. The molecule has 20 heavy (non-hydrogen) atoms. The lowest BCUT2D eigenvalue weighted by Crippen LogP contribution is -2.37. The van der Waals surface area contributed by atoms with Crippen LogP contribution in [0.25, 0.3) is 0 Å². The van der Waals surface area contributed by atoms with Gasteiger partial charge >= 0.3 is 0 Å². The van der Waals surface area contributed by atoms with Crippen LogP contribution in [0.5, 0.6) is 0 Å². The van der Waals surface area contributed by atoms with E-state index in [-0.39, 0.29) is 5.91 Å². The van der Waals surface area contributed by atoms with E-state index in [0.717, 1.165) is 12.3 Å². The van der Waals surface area contributed by atoms with Gasteiger partial charge in [0.2, 0.25) is 0 Å². The molecule has 1 aliphatic carbocycles. The second-order valence-electron chi connectivity index (χ2n) is 6.25. The van der Waals surface area contributed by atoms with Gasteiger partial charge in [-0.15, -0.1) is 0 Å². The van der Waals surface area contributed by atoms with Crippen LogP contribution in [0.15, 0.2) is 16.7 Å². The largest absolute Gasteiger partial charge is 0.467 e. The van der Waals surface area contributed by atoms with E-state index < -0.39 is 0 Å². The Morgan fingerprint density at radius 2 is 2.30 bits per heavy atom. The van der Waals surface area contributed by atoms with E-state index in [1.807, 2.05) is 0 Å². The molecule has 1 aromatic rings. The molecule has 0 aromatic carbocycles. The third-order valence-corrected chi connectivity index (χ3v) is 4.21. The van der Waals surface area contributed by atoms with Gasteiger partial charge in [-0.3, -0.25) is 4.79 Å². The van der Waals surface area contributed by atoms with Crippen LogP contribution in [0, 0.1) is 11.8 Å². The van der Waals surface area contributed by atoms with Crippen LogP contribution >= 0.6 is 0 Å². The lowest BCUT2D eigenvalue weighted by Gasteiger charge is -2.21. The number of furan rings is 1. The van der Waals surface area contributed by atoms with E-state index in [4.69, 9.17) is 10.2 Å². The first-order valence-corrected chi connectivity index (χ1v) is 7.68. The molecule has 0 saturated heterocycles. The molecule has 0 bridgehead atoms. The number of hydrogen-bond acceptors (Lipinski definition) is 3. The van der Waals surface area contributed by atoms with Crippen LogP contribution in [-0.4, -0.2) is 11.9 Å². The highest BCUT2D eigenvalue weighted by molar-refractivity contribution is 5.94. The fourth-order valence-electron chi connectivity index (χ4n) is 2.98. The molecule has 2 atom stereocenters. The highest BCUT2D eigenvalue weighted by Crippen LogP contribution is 2.30. The molecule has 1 amide bonds. The summed E-state index contributed by atoms with van der Waals surface area (Å²) < 4.78 is 5.22. The van der Waals surface area contributed by atoms with Crippen molar-refractivity contribution in [2.45, 2.75) is 58.5 Å². The van der Waals surface area contributed by atoms with Gasteiger partial charge in [-0.2, -0.15) is 0 Å². The van der Waals surface area contributed by atoms with Crippen LogP contribution in [0.1, 0.15) is 62.1 Å². The molecule has 1 fully saturated rings. The summed E-state index contributed by atoms with van der Waals surface area (Å²) in [4.78, 5) is 12.2. The molecule has 0 radical (unpaired) electrons. The molecule has 2 unspecified atom stereocenters. The predicted molar refractivity (Wildman–Crippen MR) is 79.3 cm³/mol. The average molecular weight is 278 g/mol. The second-order valence-corrected chi connectivity index (χ2v) is 6.25. The molecule has 4 nitrogen and oxygen atoms in total. The summed E-state index contributed by atoms with van der Waals surface area (Å²) >= 11 is 0. The predicted octanol–water partition coefficient (Wildman–Crippen LogP) is 3.07. The minimum atomic E-state index is -0.0325. The number of amides is 1. The zero-order valence-corrected chi connectivity index (χ0v) is 12.5. The van der Waals surface area contributed by atoms with Gasteiger partial charge in [-0.25, -0.2) is 0 Å². The fraction of sp³-hybridized carbons (Fsp3) is 0.688. The number of carbonyl (C=O) groups excluding carboxylic acids is 1. The van der Waals surface area contributed by atoms with E-state index in [1.165, 1.54) is 31.9 Å². The number of carbonyl (C=O) groups is 1. The first-order chi connectivity index (χ1) is 9.60. The normalized spacial score (nSPS) is 22.4. The van der Waals surface area contributed by atoms with Gasteiger partial charge < -0.3 is 15.5 Å². The Labute approximate surface area is 121 Å². The minimum Gasteiger partial charge on any atom is -0.467 e. The summed E-state index contributed by atoms with van der Waals surface area (Å²) in [5, 5.41) is 3.17. The monoisotopic (exact) mass is 278 g/mol. The smallest absolute Gasteiger partial charge is 0.254 e. The molecule has 1 aliphatic rings. The third kappa shape index (κ3) is 3.85. The van der Waals surface area contributed by atoms with Crippen molar-refractivity contribution in [2.24, 2.45) is 17.6 Å². The lowest BCUT2D eigenvalue weighted by atomic mass is 9.93. The Kier molecular flexibility index (Phi) is 5.24. The van der Waals surface area contributed by atoms with E-state index in [2.05, 4.69) is 19.2 Å². The molecule has 1 heterocycles. The Bertz CT molecular complexity index is 439. The summed E-state index contributed by atoms with van der Waals surface area (Å²) in [6, 6.07) is 2.05. The highest BCUT2D eigenvalue weighted by Gasteiger charge is 2.28. The standard InChI is InChI=1S/C16H26N2O2/c1-11(2)6-7-12-4-3-5-15(12)18-16(19)13-8-14(9-17)20-10-13/h8,10-12,15H,3-7,9,17H2,1-2H3,(H,18,19). The van der Waals surface area contributed by atoms with E-state index in [1.54, 1.807) is 6.07 Å². The summed E-state index contributed by atoms with van der Waals surface area (Å²) in [6.07, 6.45) is 7.48. The quantitative estimate of drug-likeness (QED) is 0.840. The topological polar surface area (TPSA) is 68.3 Å². The van der Waals surface area contributed by atoms with Gasteiger partial charge in [0.25, 0.3) is 5.91 Å². The van der Waals surface area contributed by atoms with Gasteiger partial charge in [-0.1, -0.05) is 26.7 Å².